The highest BCUT2D eigenvalue weighted by Gasteiger charge is 2.18. The van der Waals surface area contributed by atoms with Gasteiger partial charge in [0.1, 0.15) is 22.1 Å². The normalized spacial score (nSPS) is 10.9. The molecule has 11 heteroatoms. The summed E-state index contributed by atoms with van der Waals surface area (Å²) in [4.78, 5) is 34.4. The third kappa shape index (κ3) is 4.33. The maximum absolute atomic E-state index is 12.4. The molecule has 3 rings (SSSR count). The van der Waals surface area contributed by atoms with Crippen LogP contribution in [0.1, 0.15) is 22.0 Å². The van der Waals surface area contributed by atoms with Crippen LogP contribution in [0.15, 0.2) is 51.6 Å². The van der Waals surface area contributed by atoms with Crippen LogP contribution in [0.5, 0.6) is 0 Å². The fourth-order valence-corrected chi connectivity index (χ4v) is 2.32. The van der Waals surface area contributed by atoms with E-state index in [0.717, 1.165) is 6.08 Å². The standard InChI is InChI=1S/C17H15N5O6/c1-21-16(17(24)18-9-12-3-2-8-27-12)13(10-19-21)20-14(23)6-4-11-5-7-15(28-11)22(25)26/h2-8,10H,9H2,1H3,(H,18,24)(H,20,23)/b6-4+. The third-order valence-electron chi connectivity index (χ3n) is 3.61. The van der Waals surface area contributed by atoms with Crippen molar-refractivity contribution in [2.75, 3.05) is 5.32 Å². The molecule has 28 heavy (non-hydrogen) atoms. The maximum atomic E-state index is 12.4. The first kappa shape index (κ1) is 18.6. The molecule has 0 saturated heterocycles. The van der Waals surface area contributed by atoms with Crippen molar-refractivity contribution < 1.29 is 23.3 Å². The van der Waals surface area contributed by atoms with Crippen LogP contribution >= 0.6 is 0 Å². The first-order valence-electron chi connectivity index (χ1n) is 8.00. The Hall–Kier alpha value is -4.15. The highest BCUT2D eigenvalue weighted by atomic mass is 16.6. The average Bonchev–Trinajstić information content (AvgIpc) is 3.40. The Kier molecular flexibility index (Phi) is 5.35. The van der Waals surface area contributed by atoms with Crippen molar-refractivity contribution in [3.63, 3.8) is 0 Å². The lowest BCUT2D eigenvalue weighted by molar-refractivity contribution is -0.402. The number of anilines is 1. The van der Waals surface area contributed by atoms with Crippen LogP contribution in [0.2, 0.25) is 0 Å². The fraction of sp³-hybridized carbons (Fsp3) is 0.118. The molecule has 3 heterocycles. The van der Waals surface area contributed by atoms with Crippen molar-refractivity contribution in [1.29, 1.82) is 0 Å². The SMILES string of the molecule is Cn1ncc(NC(=O)/C=C/c2ccc([N+](=O)[O-])o2)c1C(=O)NCc1ccco1. The van der Waals surface area contributed by atoms with Gasteiger partial charge >= 0.3 is 5.88 Å². The minimum Gasteiger partial charge on any atom is -0.467 e. The van der Waals surface area contributed by atoms with Crippen LogP contribution in [0.3, 0.4) is 0 Å². The molecular weight excluding hydrogens is 370 g/mol. The van der Waals surface area contributed by atoms with Crippen molar-refractivity contribution in [2.24, 2.45) is 7.05 Å². The lowest BCUT2D eigenvalue weighted by Crippen LogP contribution is -2.26. The molecule has 0 radical (unpaired) electrons. The van der Waals surface area contributed by atoms with Crippen LogP contribution < -0.4 is 10.6 Å². The topological polar surface area (TPSA) is 145 Å². The first-order chi connectivity index (χ1) is 13.4. The molecule has 11 nitrogen and oxygen atoms in total. The van der Waals surface area contributed by atoms with Gasteiger partial charge in [0, 0.05) is 13.1 Å². The summed E-state index contributed by atoms with van der Waals surface area (Å²) < 4.78 is 11.4. The summed E-state index contributed by atoms with van der Waals surface area (Å²) in [6, 6.07) is 5.97. The summed E-state index contributed by atoms with van der Waals surface area (Å²) in [5, 5.41) is 19.8. The van der Waals surface area contributed by atoms with E-state index in [-0.39, 0.29) is 23.7 Å². The van der Waals surface area contributed by atoms with E-state index in [4.69, 9.17) is 8.83 Å². The van der Waals surface area contributed by atoms with Gasteiger partial charge in [-0.3, -0.25) is 24.4 Å². The number of aryl methyl sites for hydroxylation is 1. The Morgan fingerprint density at radius 1 is 1.36 bits per heavy atom. The fourth-order valence-electron chi connectivity index (χ4n) is 2.32. The van der Waals surface area contributed by atoms with Gasteiger partial charge in [-0.25, -0.2) is 0 Å². The number of nitro groups is 1. The lowest BCUT2D eigenvalue weighted by Gasteiger charge is -2.07. The van der Waals surface area contributed by atoms with Gasteiger partial charge in [0.25, 0.3) is 5.91 Å². The molecule has 3 aromatic rings. The summed E-state index contributed by atoms with van der Waals surface area (Å²) in [7, 11) is 1.56. The smallest absolute Gasteiger partial charge is 0.433 e. The number of nitrogens with zero attached hydrogens (tertiary/aromatic N) is 3. The minimum absolute atomic E-state index is 0.143. The maximum Gasteiger partial charge on any atom is 0.433 e. The second-order valence-corrected chi connectivity index (χ2v) is 5.55. The summed E-state index contributed by atoms with van der Waals surface area (Å²) in [5.41, 5.74) is 0.362. The molecule has 0 aromatic carbocycles. The van der Waals surface area contributed by atoms with Gasteiger partial charge in [-0.2, -0.15) is 5.10 Å². The van der Waals surface area contributed by atoms with E-state index in [1.54, 1.807) is 19.2 Å². The van der Waals surface area contributed by atoms with Gasteiger partial charge in [0.05, 0.1) is 30.8 Å². The number of hydrogen-bond donors (Lipinski definition) is 2. The Labute approximate surface area is 157 Å². The molecular formula is C17H15N5O6. The van der Waals surface area contributed by atoms with Crippen molar-refractivity contribution in [3.8, 4) is 0 Å². The molecule has 0 atom stereocenters. The van der Waals surface area contributed by atoms with Crippen LogP contribution in [-0.4, -0.2) is 26.5 Å². The molecule has 0 fully saturated rings. The Balaban J connectivity index is 1.65. The van der Waals surface area contributed by atoms with E-state index in [2.05, 4.69) is 15.7 Å². The predicted molar refractivity (Wildman–Crippen MR) is 96.1 cm³/mol. The van der Waals surface area contributed by atoms with E-state index in [9.17, 15) is 19.7 Å². The molecule has 0 aliphatic carbocycles. The summed E-state index contributed by atoms with van der Waals surface area (Å²) in [6.07, 6.45) is 5.23. The number of aromatic nitrogens is 2. The Bertz CT molecular complexity index is 1030. The molecule has 144 valence electrons. The summed E-state index contributed by atoms with van der Waals surface area (Å²) >= 11 is 0. The lowest BCUT2D eigenvalue weighted by atomic mass is 10.3. The van der Waals surface area contributed by atoms with E-state index in [0.29, 0.717) is 5.76 Å². The summed E-state index contributed by atoms with van der Waals surface area (Å²) in [5.74, 6) is -0.715. The molecule has 0 spiro atoms. The van der Waals surface area contributed by atoms with Crippen LogP contribution in [0, 0.1) is 10.1 Å². The van der Waals surface area contributed by atoms with Crippen molar-refractivity contribution in [1.82, 2.24) is 15.1 Å². The van der Waals surface area contributed by atoms with E-state index >= 15 is 0 Å². The zero-order chi connectivity index (χ0) is 20.1. The number of hydrogen-bond acceptors (Lipinski definition) is 7. The molecule has 0 aliphatic rings. The number of furan rings is 2. The number of carbonyl (C=O) groups is 2. The van der Waals surface area contributed by atoms with Crippen molar-refractivity contribution in [2.45, 2.75) is 6.54 Å². The van der Waals surface area contributed by atoms with Gasteiger partial charge in [-0.1, -0.05) is 0 Å². The van der Waals surface area contributed by atoms with Crippen LogP contribution in [0.25, 0.3) is 6.08 Å². The van der Waals surface area contributed by atoms with Crippen molar-refractivity contribution in [3.05, 3.63) is 70.1 Å². The molecule has 3 aromatic heterocycles. The molecule has 0 saturated carbocycles. The van der Waals surface area contributed by atoms with Gasteiger partial charge in [0.15, 0.2) is 0 Å². The average molecular weight is 385 g/mol. The van der Waals surface area contributed by atoms with E-state index < -0.39 is 22.6 Å². The molecule has 0 aliphatic heterocycles. The highest BCUT2D eigenvalue weighted by Crippen LogP contribution is 2.17. The number of carbonyl (C=O) groups excluding carboxylic acids is 2. The Morgan fingerprint density at radius 3 is 2.86 bits per heavy atom. The quantitative estimate of drug-likeness (QED) is 0.360. The monoisotopic (exact) mass is 385 g/mol. The van der Waals surface area contributed by atoms with Crippen molar-refractivity contribution >= 4 is 29.5 Å². The van der Waals surface area contributed by atoms with Gasteiger partial charge < -0.3 is 19.5 Å². The van der Waals surface area contributed by atoms with E-state index in [1.807, 2.05) is 0 Å². The number of rotatable bonds is 7. The second kappa shape index (κ2) is 8.03. The zero-order valence-electron chi connectivity index (χ0n) is 14.6. The molecule has 2 N–H and O–H groups in total. The number of amides is 2. The second-order valence-electron chi connectivity index (χ2n) is 5.55. The minimum atomic E-state index is -0.680. The van der Waals surface area contributed by atoms with Gasteiger partial charge in [0.2, 0.25) is 5.91 Å². The first-order valence-corrected chi connectivity index (χ1v) is 8.00. The highest BCUT2D eigenvalue weighted by molar-refractivity contribution is 6.06. The molecule has 0 unspecified atom stereocenters. The predicted octanol–water partition coefficient (Wildman–Crippen LogP) is 2.10. The summed E-state index contributed by atoms with van der Waals surface area (Å²) in [6.45, 7) is 0.182. The molecule has 0 bridgehead atoms. The van der Waals surface area contributed by atoms with Crippen LogP contribution in [0.4, 0.5) is 11.6 Å². The Morgan fingerprint density at radius 2 is 2.18 bits per heavy atom. The van der Waals surface area contributed by atoms with Gasteiger partial charge in [-0.15, -0.1) is 0 Å². The van der Waals surface area contributed by atoms with Gasteiger partial charge in [-0.05, 0) is 24.3 Å². The van der Waals surface area contributed by atoms with E-state index in [1.165, 1.54) is 35.4 Å². The third-order valence-corrected chi connectivity index (χ3v) is 3.61. The number of nitrogens with one attached hydrogen (secondary N) is 2. The molecule has 2 amide bonds. The zero-order valence-corrected chi connectivity index (χ0v) is 14.6. The van der Waals surface area contributed by atoms with Crippen LogP contribution in [-0.2, 0) is 18.4 Å². The largest absolute Gasteiger partial charge is 0.467 e.